The zero-order chi connectivity index (χ0) is 23.7. The summed E-state index contributed by atoms with van der Waals surface area (Å²) in [4.78, 5) is 28.4. The van der Waals surface area contributed by atoms with Crippen molar-refractivity contribution in [3.8, 4) is 5.75 Å². The van der Waals surface area contributed by atoms with Gasteiger partial charge in [-0.15, -0.1) is 0 Å². The molecular weight excluding hydrogens is 414 g/mol. The molecule has 2 amide bonds. The third-order valence-electron chi connectivity index (χ3n) is 5.12. The standard InChI is InChI=1S/C27H31N3O3/c1-27(2,3)22-11-13-24(14-12-22)33-16-6-10-25(31)30-23-9-4-7-20(17-23)18-29-26(32)21-8-5-15-28-19-21/h4-5,7-9,11-15,17,19H,6,10,16,18H2,1-3H3,(H,29,32)(H,30,31). The van der Waals surface area contributed by atoms with Crippen molar-refractivity contribution in [2.45, 2.75) is 45.6 Å². The molecular formula is C27H31N3O3. The molecule has 0 fully saturated rings. The van der Waals surface area contributed by atoms with E-state index in [0.29, 0.717) is 37.2 Å². The molecule has 0 spiro atoms. The van der Waals surface area contributed by atoms with Gasteiger partial charge in [0.05, 0.1) is 12.2 Å². The maximum Gasteiger partial charge on any atom is 0.253 e. The molecule has 0 saturated heterocycles. The monoisotopic (exact) mass is 445 g/mol. The van der Waals surface area contributed by atoms with Gasteiger partial charge in [-0.25, -0.2) is 0 Å². The van der Waals surface area contributed by atoms with Gasteiger partial charge in [0.15, 0.2) is 0 Å². The summed E-state index contributed by atoms with van der Waals surface area (Å²) in [5, 5.41) is 5.76. The van der Waals surface area contributed by atoms with E-state index in [1.165, 1.54) is 11.8 Å². The smallest absolute Gasteiger partial charge is 0.253 e. The summed E-state index contributed by atoms with van der Waals surface area (Å²) >= 11 is 0. The van der Waals surface area contributed by atoms with Crippen LogP contribution < -0.4 is 15.4 Å². The van der Waals surface area contributed by atoms with Gasteiger partial charge < -0.3 is 15.4 Å². The van der Waals surface area contributed by atoms with E-state index in [0.717, 1.165) is 11.3 Å². The molecule has 1 heterocycles. The lowest BCUT2D eigenvalue weighted by molar-refractivity contribution is -0.116. The average molecular weight is 446 g/mol. The van der Waals surface area contributed by atoms with Crippen LogP contribution in [0.5, 0.6) is 5.75 Å². The molecule has 0 bridgehead atoms. The van der Waals surface area contributed by atoms with E-state index in [9.17, 15) is 9.59 Å². The highest BCUT2D eigenvalue weighted by Crippen LogP contribution is 2.24. The summed E-state index contributed by atoms with van der Waals surface area (Å²) in [6, 6.07) is 19.0. The molecule has 6 heteroatoms. The highest BCUT2D eigenvalue weighted by molar-refractivity contribution is 5.93. The lowest BCUT2D eigenvalue weighted by atomic mass is 9.87. The maximum atomic E-state index is 12.3. The molecule has 172 valence electrons. The van der Waals surface area contributed by atoms with Crippen LogP contribution in [0.3, 0.4) is 0 Å². The molecule has 0 radical (unpaired) electrons. The van der Waals surface area contributed by atoms with Crippen molar-refractivity contribution >= 4 is 17.5 Å². The zero-order valence-electron chi connectivity index (χ0n) is 19.4. The quantitative estimate of drug-likeness (QED) is 0.449. The minimum absolute atomic E-state index is 0.0711. The van der Waals surface area contributed by atoms with Crippen molar-refractivity contribution in [3.05, 3.63) is 89.7 Å². The molecule has 0 aliphatic rings. The Morgan fingerprint density at radius 2 is 1.79 bits per heavy atom. The van der Waals surface area contributed by atoms with Crippen LogP contribution >= 0.6 is 0 Å². The van der Waals surface area contributed by atoms with Crippen LogP contribution in [-0.2, 0) is 16.8 Å². The highest BCUT2D eigenvalue weighted by Gasteiger charge is 2.13. The van der Waals surface area contributed by atoms with Crippen LogP contribution in [0.25, 0.3) is 0 Å². The highest BCUT2D eigenvalue weighted by atomic mass is 16.5. The van der Waals surface area contributed by atoms with Crippen molar-refractivity contribution in [2.24, 2.45) is 0 Å². The Balaban J connectivity index is 1.40. The van der Waals surface area contributed by atoms with Gasteiger partial charge in [0.1, 0.15) is 5.75 Å². The predicted molar refractivity (Wildman–Crippen MR) is 130 cm³/mol. The molecule has 33 heavy (non-hydrogen) atoms. The topological polar surface area (TPSA) is 80.3 Å². The van der Waals surface area contributed by atoms with E-state index >= 15 is 0 Å². The summed E-state index contributed by atoms with van der Waals surface area (Å²) in [6.45, 7) is 7.36. The van der Waals surface area contributed by atoms with E-state index < -0.39 is 0 Å². The van der Waals surface area contributed by atoms with Gasteiger partial charge in [-0.2, -0.15) is 0 Å². The van der Waals surface area contributed by atoms with Gasteiger partial charge in [-0.3, -0.25) is 14.6 Å². The largest absolute Gasteiger partial charge is 0.494 e. The SMILES string of the molecule is CC(C)(C)c1ccc(OCCCC(=O)Nc2cccc(CNC(=O)c3cccnc3)c2)cc1. The Bertz CT molecular complexity index is 1060. The van der Waals surface area contributed by atoms with Crippen LogP contribution in [0.2, 0.25) is 0 Å². The van der Waals surface area contributed by atoms with E-state index in [4.69, 9.17) is 4.74 Å². The van der Waals surface area contributed by atoms with Crippen LogP contribution in [0.4, 0.5) is 5.69 Å². The summed E-state index contributed by atoms with van der Waals surface area (Å²) in [6.07, 6.45) is 4.13. The summed E-state index contributed by atoms with van der Waals surface area (Å²) in [5.74, 6) is 0.549. The number of ether oxygens (including phenoxy) is 1. The van der Waals surface area contributed by atoms with E-state index in [1.54, 1.807) is 18.3 Å². The van der Waals surface area contributed by atoms with Gasteiger partial charge in [0.25, 0.3) is 5.91 Å². The fourth-order valence-corrected chi connectivity index (χ4v) is 3.24. The second-order valence-corrected chi connectivity index (χ2v) is 8.90. The number of benzene rings is 2. The summed E-state index contributed by atoms with van der Waals surface area (Å²) in [7, 11) is 0. The van der Waals surface area contributed by atoms with Crippen molar-refractivity contribution < 1.29 is 14.3 Å². The number of carbonyl (C=O) groups excluding carboxylic acids is 2. The van der Waals surface area contributed by atoms with E-state index in [2.05, 4.69) is 48.5 Å². The number of aromatic nitrogens is 1. The molecule has 1 aromatic heterocycles. The molecule has 3 rings (SSSR count). The fourth-order valence-electron chi connectivity index (χ4n) is 3.24. The number of nitrogens with zero attached hydrogens (tertiary/aromatic N) is 1. The molecule has 2 aromatic carbocycles. The predicted octanol–water partition coefficient (Wildman–Crippen LogP) is 5.11. The van der Waals surface area contributed by atoms with Crippen molar-refractivity contribution in [2.75, 3.05) is 11.9 Å². The number of hydrogen-bond donors (Lipinski definition) is 2. The normalized spacial score (nSPS) is 11.0. The number of nitrogens with one attached hydrogen (secondary N) is 2. The zero-order valence-corrected chi connectivity index (χ0v) is 19.4. The Morgan fingerprint density at radius 1 is 1.00 bits per heavy atom. The fraction of sp³-hybridized carbons (Fsp3) is 0.296. The van der Waals surface area contributed by atoms with Gasteiger partial charge in [0.2, 0.25) is 5.91 Å². The lowest BCUT2D eigenvalue weighted by Crippen LogP contribution is -2.23. The van der Waals surface area contributed by atoms with Crippen molar-refractivity contribution in [3.63, 3.8) is 0 Å². The molecule has 0 saturated carbocycles. The third kappa shape index (κ3) is 7.75. The Labute approximate surface area is 195 Å². The van der Waals surface area contributed by atoms with E-state index in [1.807, 2.05) is 36.4 Å². The molecule has 2 N–H and O–H groups in total. The molecule has 0 aliphatic carbocycles. The lowest BCUT2D eigenvalue weighted by Gasteiger charge is -2.19. The van der Waals surface area contributed by atoms with Gasteiger partial charge in [-0.1, -0.05) is 45.0 Å². The minimum Gasteiger partial charge on any atom is -0.494 e. The van der Waals surface area contributed by atoms with E-state index in [-0.39, 0.29) is 17.2 Å². The summed E-state index contributed by atoms with van der Waals surface area (Å²) < 4.78 is 5.76. The average Bonchev–Trinajstić information content (AvgIpc) is 2.81. The van der Waals surface area contributed by atoms with Crippen LogP contribution in [0, 0.1) is 0 Å². The number of pyridine rings is 1. The number of hydrogen-bond acceptors (Lipinski definition) is 4. The van der Waals surface area contributed by atoms with Gasteiger partial charge in [-0.05, 0) is 59.4 Å². The minimum atomic E-state index is -0.189. The van der Waals surface area contributed by atoms with Crippen LogP contribution in [0.1, 0.15) is 55.1 Å². The first-order valence-corrected chi connectivity index (χ1v) is 11.1. The van der Waals surface area contributed by atoms with Crippen LogP contribution in [0.15, 0.2) is 73.1 Å². The summed E-state index contributed by atoms with van der Waals surface area (Å²) in [5.41, 5.74) is 3.47. The first-order valence-electron chi connectivity index (χ1n) is 11.1. The van der Waals surface area contributed by atoms with Crippen LogP contribution in [-0.4, -0.2) is 23.4 Å². The van der Waals surface area contributed by atoms with Crippen molar-refractivity contribution in [1.29, 1.82) is 0 Å². The second kappa shape index (κ2) is 11.3. The van der Waals surface area contributed by atoms with Gasteiger partial charge in [0, 0.05) is 31.0 Å². The third-order valence-corrected chi connectivity index (χ3v) is 5.12. The number of carbonyl (C=O) groups is 2. The molecule has 6 nitrogen and oxygen atoms in total. The molecule has 0 unspecified atom stereocenters. The van der Waals surface area contributed by atoms with Gasteiger partial charge >= 0.3 is 0 Å². The molecule has 0 aliphatic heterocycles. The maximum absolute atomic E-state index is 12.3. The number of amides is 2. The first kappa shape index (κ1) is 24.0. The molecule has 0 atom stereocenters. The molecule has 3 aromatic rings. The first-order chi connectivity index (χ1) is 15.8. The Morgan fingerprint density at radius 3 is 2.48 bits per heavy atom. The second-order valence-electron chi connectivity index (χ2n) is 8.90. The van der Waals surface area contributed by atoms with Crippen molar-refractivity contribution in [1.82, 2.24) is 10.3 Å². The Kier molecular flexibility index (Phi) is 8.19. The number of rotatable bonds is 9. The Hall–Kier alpha value is -3.67. The number of anilines is 1.